The van der Waals surface area contributed by atoms with E-state index in [9.17, 15) is 0 Å². The topological polar surface area (TPSA) is 22.1 Å². The zero-order valence-electron chi connectivity index (χ0n) is 16.2. The normalized spacial score (nSPS) is 21.5. The molecule has 138 valence electrons. The minimum absolute atomic E-state index is 0.158. The third-order valence-electron chi connectivity index (χ3n) is 5.83. The molecule has 2 aromatic carbocycles. The highest BCUT2D eigenvalue weighted by molar-refractivity contribution is 5.45. The van der Waals surface area contributed by atoms with Crippen molar-refractivity contribution in [2.45, 2.75) is 45.1 Å². The first-order valence-corrected chi connectivity index (χ1v) is 9.92. The van der Waals surface area contributed by atoms with Gasteiger partial charge in [0, 0.05) is 11.6 Å². The minimum Gasteiger partial charge on any atom is -0.487 e. The highest BCUT2D eigenvalue weighted by atomic mass is 16.5. The number of ether oxygens (including phenoxy) is 1. The van der Waals surface area contributed by atoms with Gasteiger partial charge in [-0.3, -0.25) is 4.98 Å². The highest BCUT2D eigenvalue weighted by Crippen LogP contribution is 2.52. The quantitative estimate of drug-likeness (QED) is 0.545. The third-order valence-corrected chi connectivity index (χ3v) is 5.83. The zero-order chi connectivity index (χ0) is 18.7. The van der Waals surface area contributed by atoms with Crippen molar-refractivity contribution in [2.24, 2.45) is 5.92 Å². The predicted octanol–water partition coefficient (Wildman–Crippen LogP) is 5.94. The second-order valence-corrected chi connectivity index (χ2v) is 7.78. The largest absolute Gasteiger partial charge is 0.487 e. The first-order valence-electron chi connectivity index (χ1n) is 9.92. The number of nitrogens with zero attached hydrogens (tertiary/aromatic N) is 1. The summed E-state index contributed by atoms with van der Waals surface area (Å²) < 4.78 is 5.91. The SMILES string of the molecule is CCc1ccc(C2(c3ccc(OCc4ccccn4)cc3)CC(C)C2)cc1. The lowest BCUT2D eigenvalue weighted by molar-refractivity contribution is 0.200. The molecule has 0 saturated heterocycles. The summed E-state index contributed by atoms with van der Waals surface area (Å²) in [6.45, 7) is 5.06. The van der Waals surface area contributed by atoms with Crippen molar-refractivity contribution in [1.29, 1.82) is 0 Å². The van der Waals surface area contributed by atoms with Gasteiger partial charge in [-0.25, -0.2) is 0 Å². The van der Waals surface area contributed by atoms with Gasteiger partial charge in [0.1, 0.15) is 12.4 Å². The summed E-state index contributed by atoms with van der Waals surface area (Å²) >= 11 is 0. The lowest BCUT2D eigenvalue weighted by atomic mass is 9.56. The molecule has 0 unspecified atom stereocenters. The van der Waals surface area contributed by atoms with Gasteiger partial charge in [-0.05, 0) is 66.1 Å². The number of hydrogen-bond donors (Lipinski definition) is 0. The van der Waals surface area contributed by atoms with Crippen LogP contribution in [0.1, 0.15) is 49.1 Å². The smallest absolute Gasteiger partial charge is 0.130 e. The van der Waals surface area contributed by atoms with Gasteiger partial charge in [-0.1, -0.05) is 56.3 Å². The van der Waals surface area contributed by atoms with Crippen molar-refractivity contribution < 1.29 is 4.74 Å². The summed E-state index contributed by atoms with van der Waals surface area (Å²) in [5.74, 6) is 1.67. The van der Waals surface area contributed by atoms with Gasteiger partial charge < -0.3 is 4.74 Å². The molecule has 2 heteroatoms. The molecule has 1 saturated carbocycles. The van der Waals surface area contributed by atoms with Crippen LogP contribution in [0, 0.1) is 5.92 Å². The van der Waals surface area contributed by atoms with E-state index in [2.05, 4.69) is 67.4 Å². The molecule has 0 spiro atoms. The van der Waals surface area contributed by atoms with Crippen LogP contribution in [0.4, 0.5) is 0 Å². The number of aromatic nitrogens is 1. The Morgan fingerprint density at radius 3 is 2.15 bits per heavy atom. The lowest BCUT2D eigenvalue weighted by Gasteiger charge is -2.48. The van der Waals surface area contributed by atoms with Crippen LogP contribution < -0.4 is 4.74 Å². The Hall–Kier alpha value is -2.61. The van der Waals surface area contributed by atoms with E-state index in [4.69, 9.17) is 4.74 Å². The summed E-state index contributed by atoms with van der Waals surface area (Å²) in [7, 11) is 0. The standard InChI is InChI=1S/C25H27NO/c1-3-20-7-9-21(10-8-20)25(16-19(2)17-25)22-11-13-24(14-12-22)27-18-23-6-4-5-15-26-23/h4-15,19H,3,16-18H2,1-2H3. The van der Waals surface area contributed by atoms with E-state index in [-0.39, 0.29) is 5.41 Å². The fourth-order valence-corrected chi connectivity index (χ4v) is 4.34. The maximum absolute atomic E-state index is 5.91. The Morgan fingerprint density at radius 2 is 1.59 bits per heavy atom. The van der Waals surface area contributed by atoms with Gasteiger partial charge in [-0.15, -0.1) is 0 Å². The van der Waals surface area contributed by atoms with Gasteiger partial charge in [0.2, 0.25) is 0 Å². The zero-order valence-corrected chi connectivity index (χ0v) is 16.2. The molecule has 3 aromatic rings. The van der Waals surface area contributed by atoms with Crippen LogP contribution in [0.2, 0.25) is 0 Å². The molecule has 0 atom stereocenters. The summed E-state index contributed by atoms with van der Waals surface area (Å²) in [6, 6.07) is 23.8. The molecule has 0 N–H and O–H groups in total. The van der Waals surface area contributed by atoms with Crippen molar-refractivity contribution in [3.63, 3.8) is 0 Å². The summed E-state index contributed by atoms with van der Waals surface area (Å²) in [5.41, 5.74) is 5.35. The maximum Gasteiger partial charge on any atom is 0.130 e. The van der Waals surface area contributed by atoms with Crippen molar-refractivity contribution in [1.82, 2.24) is 4.98 Å². The van der Waals surface area contributed by atoms with E-state index in [1.807, 2.05) is 18.2 Å². The molecule has 0 aliphatic heterocycles. The Labute approximate surface area is 162 Å². The summed E-state index contributed by atoms with van der Waals surface area (Å²) in [6.07, 6.45) is 5.32. The van der Waals surface area contributed by atoms with Crippen molar-refractivity contribution in [3.8, 4) is 5.75 Å². The number of rotatable bonds is 6. The van der Waals surface area contributed by atoms with E-state index in [0.717, 1.165) is 23.8 Å². The summed E-state index contributed by atoms with van der Waals surface area (Å²) in [4.78, 5) is 4.31. The molecule has 4 rings (SSSR count). The Kier molecular flexibility index (Phi) is 4.98. The van der Waals surface area contributed by atoms with E-state index >= 15 is 0 Å². The molecule has 1 fully saturated rings. The monoisotopic (exact) mass is 357 g/mol. The average molecular weight is 357 g/mol. The predicted molar refractivity (Wildman–Crippen MR) is 110 cm³/mol. The highest BCUT2D eigenvalue weighted by Gasteiger charge is 2.44. The molecule has 1 heterocycles. The summed E-state index contributed by atoms with van der Waals surface area (Å²) in [5, 5.41) is 0. The minimum atomic E-state index is 0.158. The number of hydrogen-bond acceptors (Lipinski definition) is 2. The number of aryl methyl sites for hydroxylation is 1. The van der Waals surface area contributed by atoms with Gasteiger partial charge in [0.15, 0.2) is 0 Å². The van der Waals surface area contributed by atoms with Crippen LogP contribution in [-0.2, 0) is 18.4 Å². The molecule has 1 aromatic heterocycles. The van der Waals surface area contributed by atoms with Crippen molar-refractivity contribution in [2.75, 3.05) is 0 Å². The van der Waals surface area contributed by atoms with E-state index in [1.54, 1.807) is 6.20 Å². The van der Waals surface area contributed by atoms with Crippen LogP contribution >= 0.6 is 0 Å². The van der Waals surface area contributed by atoms with Gasteiger partial charge in [0.05, 0.1) is 5.69 Å². The van der Waals surface area contributed by atoms with Crippen LogP contribution in [0.15, 0.2) is 72.9 Å². The van der Waals surface area contributed by atoms with Crippen LogP contribution in [0.25, 0.3) is 0 Å². The first kappa shape index (κ1) is 17.8. The van der Waals surface area contributed by atoms with Gasteiger partial charge >= 0.3 is 0 Å². The molecular formula is C25H27NO. The molecule has 1 aliphatic rings. The fourth-order valence-electron chi connectivity index (χ4n) is 4.34. The van der Waals surface area contributed by atoms with Crippen molar-refractivity contribution >= 4 is 0 Å². The third kappa shape index (κ3) is 3.62. The van der Waals surface area contributed by atoms with E-state index in [0.29, 0.717) is 6.61 Å². The molecule has 0 radical (unpaired) electrons. The number of benzene rings is 2. The van der Waals surface area contributed by atoms with Crippen LogP contribution in [0.5, 0.6) is 5.75 Å². The molecule has 1 aliphatic carbocycles. The molecule has 0 amide bonds. The van der Waals surface area contributed by atoms with E-state index < -0.39 is 0 Å². The van der Waals surface area contributed by atoms with Crippen LogP contribution in [0.3, 0.4) is 0 Å². The second kappa shape index (κ2) is 7.56. The molecular weight excluding hydrogens is 330 g/mol. The maximum atomic E-state index is 5.91. The lowest BCUT2D eigenvalue weighted by Crippen LogP contribution is -2.41. The second-order valence-electron chi connectivity index (χ2n) is 7.78. The molecule has 2 nitrogen and oxygen atoms in total. The van der Waals surface area contributed by atoms with Crippen LogP contribution in [-0.4, -0.2) is 4.98 Å². The fraction of sp³-hybridized carbons (Fsp3) is 0.320. The molecule has 0 bridgehead atoms. The van der Waals surface area contributed by atoms with Crippen molar-refractivity contribution in [3.05, 3.63) is 95.3 Å². The Balaban J connectivity index is 1.53. The Bertz CT molecular complexity index is 862. The molecule has 27 heavy (non-hydrogen) atoms. The first-order chi connectivity index (χ1) is 13.2. The Morgan fingerprint density at radius 1 is 0.926 bits per heavy atom. The van der Waals surface area contributed by atoms with Gasteiger partial charge in [0.25, 0.3) is 0 Å². The van der Waals surface area contributed by atoms with E-state index in [1.165, 1.54) is 29.5 Å². The average Bonchev–Trinajstić information content (AvgIpc) is 2.71. The number of pyridine rings is 1. The van der Waals surface area contributed by atoms with Gasteiger partial charge in [-0.2, -0.15) is 0 Å².